The molecule has 1 aromatic rings. The number of hydrogen-bond acceptors (Lipinski definition) is 5. The molecule has 1 aliphatic rings. The number of carbonyl (C=O) groups is 2. The number of nitrogens with zero attached hydrogens (tertiary/aromatic N) is 2. The van der Waals surface area contributed by atoms with Crippen molar-refractivity contribution >= 4 is 48.0 Å². The monoisotopic (exact) mass is 354 g/mol. The molecule has 1 atom stereocenters. The second kappa shape index (κ2) is 9.94. The molecule has 0 radical (unpaired) electrons. The first-order valence-corrected chi connectivity index (χ1v) is 7.32. The lowest BCUT2D eigenvalue weighted by Crippen LogP contribution is -2.46. The van der Waals surface area contributed by atoms with Gasteiger partial charge >= 0.3 is 0 Å². The van der Waals surface area contributed by atoms with Crippen LogP contribution in [0.15, 0.2) is 10.9 Å². The van der Waals surface area contributed by atoms with Crippen LogP contribution in [0.5, 0.6) is 0 Å². The lowest BCUT2D eigenvalue weighted by Gasteiger charge is -2.31. The van der Waals surface area contributed by atoms with Crippen molar-refractivity contribution in [3.63, 3.8) is 0 Å². The molecule has 0 aliphatic carbocycles. The van der Waals surface area contributed by atoms with E-state index in [-0.39, 0.29) is 42.5 Å². The van der Waals surface area contributed by atoms with E-state index in [1.54, 1.807) is 15.8 Å². The standard InChI is InChI=1S/C12H18N4O2S.2ClH/c13-3-4-14-11(17)9-2-1-5-16(6-9)12(18)10-7-19-8-15-10;;/h7-9H,1-6,13H2,(H,14,17);2*1H. The first-order valence-electron chi connectivity index (χ1n) is 6.37. The van der Waals surface area contributed by atoms with Gasteiger partial charge in [-0.3, -0.25) is 9.59 Å². The van der Waals surface area contributed by atoms with Crippen molar-refractivity contribution in [3.8, 4) is 0 Å². The molecule has 1 aromatic heterocycles. The highest BCUT2D eigenvalue weighted by molar-refractivity contribution is 7.07. The quantitative estimate of drug-likeness (QED) is 0.841. The highest BCUT2D eigenvalue weighted by Gasteiger charge is 2.29. The van der Waals surface area contributed by atoms with E-state index < -0.39 is 0 Å². The molecule has 21 heavy (non-hydrogen) atoms. The van der Waals surface area contributed by atoms with Crippen molar-refractivity contribution in [1.82, 2.24) is 15.2 Å². The number of amides is 2. The Morgan fingerprint density at radius 3 is 2.86 bits per heavy atom. The summed E-state index contributed by atoms with van der Waals surface area (Å²) in [6.45, 7) is 2.07. The summed E-state index contributed by atoms with van der Waals surface area (Å²) in [5.74, 6) is -0.235. The van der Waals surface area contributed by atoms with Crippen LogP contribution >= 0.6 is 36.2 Å². The van der Waals surface area contributed by atoms with Crippen molar-refractivity contribution in [2.24, 2.45) is 11.7 Å². The number of nitrogens with two attached hydrogens (primary N) is 1. The molecule has 0 aromatic carbocycles. The molecule has 9 heteroatoms. The van der Waals surface area contributed by atoms with Gasteiger partial charge in [0, 0.05) is 31.6 Å². The normalized spacial score (nSPS) is 17.4. The topological polar surface area (TPSA) is 88.3 Å². The Balaban J connectivity index is 0.00000200. The maximum Gasteiger partial charge on any atom is 0.273 e. The fraction of sp³-hybridized carbons (Fsp3) is 0.583. The fourth-order valence-corrected chi connectivity index (χ4v) is 2.72. The predicted octanol–water partition coefficient (Wildman–Crippen LogP) is 0.914. The molecule has 2 heterocycles. The first kappa shape index (κ1) is 20.1. The Labute approximate surface area is 140 Å². The number of halogens is 2. The zero-order chi connectivity index (χ0) is 13.7. The fourth-order valence-electron chi connectivity index (χ4n) is 2.20. The first-order chi connectivity index (χ1) is 9.22. The van der Waals surface area contributed by atoms with Gasteiger partial charge in [0.2, 0.25) is 5.91 Å². The average Bonchev–Trinajstić information content (AvgIpc) is 2.98. The lowest BCUT2D eigenvalue weighted by atomic mass is 9.97. The van der Waals surface area contributed by atoms with Gasteiger partial charge in [0.05, 0.1) is 11.4 Å². The number of carbonyl (C=O) groups excluding carboxylic acids is 2. The Hall–Kier alpha value is -0.890. The van der Waals surface area contributed by atoms with Crippen LogP contribution in [0.4, 0.5) is 0 Å². The summed E-state index contributed by atoms with van der Waals surface area (Å²) in [5, 5.41) is 4.52. The second-order valence-corrected chi connectivity index (χ2v) is 5.26. The molecular formula is C12H20Cl2N4O2S. The highest BCUT2D eigenvalue weighted by Crippen LogP contribution is 2.18. The highest BCUT2D eigenvalue weighted by atomic mass is 35.5. The lowest BCUT2D eigenvalue weighted by molar-refractivity contribution is -0.126. The van der Waals surface area contributed by atoms with Gasteiger partial charge in [-0.2, -0.15) is 0 Å². The molecule has 6 nitrogen and oxygen atoms in total. The molecular weight excluding hydrogens is 335 g/mol. The Bertz CT molecular complexity index is 444. The van der Waals surface area contributed by atoms with Gasteiger partial charge in [-0.1, -0.05) is 0 Å². The number of aromatic nitrogens is 1. The molecule has 3 N–H and O–H groups in total. The summed E-state index contributed by atoms with van der Waals surface area (Å²) in [6.07, 6.45) is 1.66. The minimum atomic E-state index is -0.136. The Morgan fingerprint density at radius 1 is 1.48 bits per heavy atom. The molecule has 2 amide bonds. The van der Waals surface area contributed by atoms with Gasteiger partial charge in [-0.25, -0.2) is 4.98 Å². The van der Waals surface area contributed by atoms with Gasteiger partial charge < -0.3 is 16.0 Å². The number of piperidine rings is 1. The summed E-state index contributed by atoms with van der Waals surface area (Å²) in [6, 6.07) is 0. The van der Waals surface area contributed by atoms with Crippen LogP contribution in [0.2, 0.25) is 0 Å². The van der Waals surface area contributed by atoms with Gasteiger partial charge in [0.25, 0.3) is 5.91 Å². The second-order valence-electron chi connectivity index (χ2n) is 4.54. The molecule has 0 spiro atoms. The van der Waals surface area contributed by atoms with E-state index in [0.29, 0.717) is 31.9 Å². The van der Waals surface area contributed by atoms with Crippen LogP contribution in [0.3, 0.4) is 0 Å². The molecule has 2 rings (SSSR count). The van der Waals surface area contributed by atoms with Crippen molar-refractivity contribution in [2.45, 2.75) is 12.8 Å². The van der Waals surface area contributed by atoms with E-state index in [4.69, 9.17) is 5.73 Å². The SMILES string of the molecule is Cl.Cl.NCCNC(=O)C1CCCN(C(=O)c2cscn2)C1. The largest absolute Gasteiger partial charge is 0.355 e. The third kappa shape index (κ3) is 5.43. The maximum atomic E-state index is 12.2. The third-order valence-electron chi connectivity index (χ3n) is 3.17. The number of hydrogen-bond donors (Lipinski definition) is 2. The van der Waals surface area contributed by atoms with E-state index in [1.807, 2.05) is 0 Å². The predicted molar refractivity (Wildman–Crippen MR) is 87.3 cm³/mol. The summed E-state index contributed by atoms with van der Waals surface area (Å²) in [7, 11) is 0. The third-order valence-corrected chi connectivity index (χ3v) is 3.76. The average molecular weight is 355 g/mol. The van der Waals surface area contributed by atoms with E-state index in [0.717, 1.165) is 12.8 Å². The molecule has 1 aliphatic heterocycles. The zero-order valence-corrected chi connectivity index (χ0v) is 13.9. The van der Waals surface area contributed by atoms with Crippen molar-refractivity contribution in [2.75, 3.05) is 26.2 Å². The number of likely N-dealkylation sites (tertiary alicyclic amines) is 1. The van der Waals surface area contributed by atoms with E-state index in [9.17, 15) is 9.59 Å². The smallest absolute Gasteiger partial charge is 0.273 e. The van der Waals surface area contributed by atoms with E-state index >= 15 is 0 Å². The van der Waals surface area contributed by atoms with Gasteiger partial charge in [0.1, 0.15) is 5.69 Å². The van der Waals surface area contributed by atoms with Crippen LogP contribution in [0, 0.1) is 5.92 Å². The van der Waals surface area contributed by atoms with Gasteiger partial charge in [-0.05, 0) is 12.8 Å². The van der Waals surface area contributed by atoms with Gasteiger partial charge in [0.15, 0.2) is 0 Å². The summed E-state index contributed by atoms with van der Waals surface area (Å²) in [5.41, 5.74) is 7.47. The number of nitrogens with one attached hydrogen (secondary N) is 1. The molecule has 0 bridgehead atoms. The summed E-state index contributed by atoms with van der Waals surface area (Å²) < 4.78 is 0. The van der Waals surface area contributed by atoms with Crippen LogP contribution in [0.25, 0.3) is 0 Å². The Kier molecular flexibility index (Phi) is 9.52. The summed E-state index contributed by atoms with van der Waals surface area (Å²) >= 11 is 1.40. The van der Waals surface area contributed by atoms with Crippen molar-refractivity contribution in [3.05, 3.63) is 16.6 Å². The number of thiazole rings is 1. The minimum absolute atomic E-state index is 0. The molecule has 1 fully saturated rings. The molecule has 1 unspecified atom stereocenters. The summed E-state index contributed by atoms with van der Waals surface area (Å²) in [4.78, 5) is 29.8. The molecule has 120 valence electrons. The van der Waals surface area contributed by atoms with E-state index in [2.05, 4.69) is 10.3 Å². The minimum Gasteiger partial charge on any atom is -0.355 e. The van der Waals surface area contributed by atoms with Crippen LogP contribution < -0.4 is 11.1 Å². The number of rotatable bonds is 4. The van der Waals surface area contributed by atoms with Crippen molar-refractivity contribution in [1.29, 1.82) is 0 Å². The van der Waals surface area contributed by atoms with Crippen LogP contribution in [-0.4, -0.2) is 47.9 Å². The maximum absolute atomic E-state index is 12.2. The van der Waals surface area contributed by atoms with Gasteiger partial charge in [-0.15, -0.1) is 36.2 Å². The van der Waals surface area contributed by atoms with Crippen LogP contribution in [0.1, 0.15) is 23.3 Å². The molecule has 0 saturated carbocycles. The Morgan fingerprint density at radius 2 is 2.24 bits per heavy atom. The molecule has 1 saturated heterocycles. The van der Waals surface area contributed by atoms with Crippen molar-refractivity contribution < 1.29 is 9.59 Å². The van der Waals surface area contributed by atoms with E-state index in [1.165, 1.54) is 11.3 Å². The van der Waals surface area contributed by atoms with Crippen LogP contribution in [-0.2, 0) is 4.79 Å². The zero-order valence-electron chi connectivity index (χ0n) is 11.5.